The fourth-order valence-electron chi connectivity index (χ4n) is 0.768. The molecule has 0 unspecified atom stereocenters. The molecule has 0 aliphatic heterocycles. The van der Waals surface area contributed by atoms with Crippen LogP contribution in [0.1, 0.15) is 0 Å². The van der Waals surface area contributed by atoms with Gasteiger partial charge in [0.1, 0.15) is 12.1 Å². The lowest BCUT2D eigenvalue weighted by atomic mass is 10.4. The van der Waals surface area contributed by atoms with Crippen molar-refractivity contribution in [2.45, 2.75) is 12.1 Å². The molecule has 6 nitrogen and oxygen atoms in total. The monoisotopic (exact) mass is 428 g/mol. The van der Waals surface area contributed by atoms with Gasteiger partial charge in [0.15, 0.2) is 0 Å². The molecule has 126 valence electrons. The molecule has 0 saturated carbocycles. The van der Waals surface area contributed by atoms with Gasteiger partial charge >= 0.3 is 11.9 Å². The van der Waals surface area contributed by atoms with E-state index in [2.05, 4.69) is 0 Å². The highest BCUT2D eigenvalue weighted by Crippen LogP contribution is 2.38. The highest BCUT2D eigenvalue weighted by atomic mass is 35.5. The van der Waals surface area contributed by atoms with Gasteiger partial charge in [-0.1, -0.05) is 46.4 Å². The lowest BCUT2D eigenvalue weighted by Gasteiger charge is -2.09. The van der Waals surface area contributed by atoms with E-state index in [1.165, 1.54) is 0 Å². The minimum absolute atomic E-state index is 0.0107. The van der Waals surface area contributed by atoms with Crippen LogP contribution in [0.4, 0.5) is 0 Å². The van der Waals surface area contributed by atoms with E-state index in [1.54, 1.807) is 0 Å². The van der Waals surface area contributed by atoms with Crippen LogP contribution in [-0.4, -0.2) is 45.7 Å². The van der Waals surface area contributed by atoms with Crippen molar-refractivity contribution in [3.63, 3.8) is 0 Å². The maximum atomic E-state index is 10.6. The predicted molar refractivity (Wildman–Crippen MR) is 93.6 cm³/mol. The van der Waals surface area contributed by atoms with Crippen LogP contribution in [0, 0.1) is 0 Å². The van der Waals surface area contributed by atoms with E-state index in [-0.39, 0.29) is 30.3 Å². The predicted octanol–water partition coefficient (Wildman–Crippen LogP) is 2.57. The van der Waals surface area contributed by atoms with Crippen molar-refractivity contribution in [2.24, 2.45) is 11.5 Å². The smallest absolute Gasteiger partial charge is 0.321 e. The molecule has 0 aromatic rings. The van der Waals surface area contributed by atoms with E-state index in [1.807, 2.05) is 0 Å². The Morgan fingerprint density at radius 2 is 1.09 bits per heavy atom. The van der Waals surface area contributed by atoms with Crippen LogP contribution >= 0.6 is 69.9 Å². The molecule has 0 radical (unpaired) electrons. The van der Waals surface area contributed by atoms with Crippen molar-refractivity contribution in [1.82, 2.24) is 0 Å². The molecule has 0 bridgehead atoms. The van der Waals surface area contributed by atoms with E-state index in [9.17, 15) is 9.59 Å². The summed E-state index contributed by atoms with van der Waals surface area (Å²) in [6, 6.07) is -2.21. The zero-order valence-electron chi connectivity index (χ0n) is 10.8. The maximum Gasteiger partial charge on any atom is 0.321 e. The zero-order chi connectivity index (χ0) is 17.4. The topological polar surface area (TPSA) is 127 Å². The Morgan fingerprint density at radius 1 is 0.818 bits per heavy atom. The van der Waals surface area contributed by atoms with Gasteiger partial charge in [-0.2, -0.15) is 0 Å². The summed E-state index contributed by atoms with van der Waals surface area (Å²) in [5.41, 5.74) is 10.6. The normalized spacial score (nSPS) is 16.5. The summed E-state index contributed by atoms with van der Waals surface area (Å²) in [5, 5.41) is 17.1. The van der Waals surface area contributed by atoms with E-state index >= 15 is 0 Å². The molecule has 12 heteroatoms. The Bertz CT molecular complexity index is 457. The van der Waals surface area contributed by atoms with Crippen LogP contribution in [0.3, 0.4) is 0 Å². The zero-order valence-corrected chi connectivity index (χ0v) is 15.4. The number of carboxylic acids is 2. The van der Waals surface area contributed by atoms with Gasteiger partial charge in [-0.05, 0) is 0 Å². The first kappa shape index (κ1) is 22.2. The lowest BCUT2D eigenvalue weighted by molar-refractivity contribution is -0.138. The van der Waals surface area contributed by atoms with Gasteiger partial charge in [0.2, 0.25) is 0 Å². The average Bonchev–Trinajstić information content (AvgIpc) is 2.47. The van der Waals surface area contributed by atoms with Crippen LogP contribution in [0.15, 0.2) is 18.8 Å². The molecular weight excluding hydrogens is 418 g/mol. The molecule has 0 aromatic heterocycles. The Morgan fingerprint density at radius 3 is 1.32 bits per heavy atom. The molecule has 22 heavy (non-hydrogen) atoms. The van der Waals surface area contributed by atoms with Gasteiger partial charge < -0.3 is 21.7 Å². The summed E-state index contributed by atoms with van der Waals surface area (Å²) in [7, 11) is 0. The molecule has 0 amide bonds. The van der Waals surface area contributed by atoms with E-state index < -0.39 is 24.0 Å². The molecule has 2 atom stereocenters. The highest BCUT2D eigenvalue weighted by Gasteiger charge is 2.17. The number of allylic oxidation sites excluding steroid dienone is 2. The Kier molecular flexibility index (Phi) is 11.0. The van der Waals surface area contributed by atoms with Crippen molar-refractivity contribution in [2.75, 3.05) is 11.5 Å². The number of aliphatic carboxylic acids is 2. The first-order chi connectivity index (χ1) is 10.1. The van der Waals surface area contributed by atoms with Crippen LogP contribution in [0.5, 0.6) is 0 Å². The summed E-state index contributed by atoms with van der Waals surface area (Å²) in [5.74, 6) is -2.37. The van der Waals surface area contributed by atoms with Gasteiger partial charge in [0.05, 0.1) is 18.8 Å². The number of rotatable bonds is 9. The number of thioether (sulfide) groups is 2. The first-order valence-corrected chi connectivity index (χ1v) is 8.89. The van der Waals surface area contributed by atoms with Gasteiger partial charge in [0.25, 0.3) is 0 Å². The van der Waals surface area contributed by atoms with Crippen LogP contribution in [0.25, 0.3) is 0 Å². The largest absolute Gasteiger partial charge is 0.480 e. The Labute approximate surface area is 155 Å². The van der Waals surface area contributed by atoms with Crippen molar-refractivity contribution >= 4 is 81.9 Å². The molecule has 6 N–H and O–H groups in total. The van der Waals surface area contributed by atoms with Crippen molar-refractivity contribution < 1.29 is 19.8 Å². The van der Waals surface area contributed by atoms with Crippen LogP contribution < -0.4 is 11.5 Å². The SMILES string of the molecule is N[C@@H](CS/C(Cl)=C(Cl)\C(Cl)=C(\Cl)SC[C@H](N)C(=O)O)C(=O)O. The molecule has 0 rings (SSSR count). The third-order valence-electron chi connectivity index (χ3n) is 1.95. The number of hydrogen-bond acceptors (Lipinski definition) is 6. The summed E-state index contributed by atoms with van der Waals surface area (Å²) in [4.78, 5) is 21.2. The van der Waals surface area contributed by atoms with Gasteiger partial charge in [-0.25, -0.2) is 0 Å². The highest BCUT2D eigenvalue weighted by molar-refractivity contribution is 8.05. The number of carbonyl (C=O) groups is 2. The second kappa shape index (κ2) is 10.9. The summed E-state index contributed by atoms with van der Waals surface area (Å²) in [6.45, 7) is 0. The van der Waals surface area contributed by atoms with E-state index in [0.717, 1.165) is 23.5 Å². The van der Waals surface area contributed by atoms with Gasteiger partial charge in [-0.15, -0.1) is 23.5 Å². The maximum absolute atomic E-state index is 10.6. The third-order valence-corrected chi connectivity index (χ3v) is 6.22. The number of nitrogens with two attached hydrogens (primary N) is 2. The molecule has 0 aliphatic carbocycles. The fraction of sp³-hybridized carbons (Fsp3) is 0.400. The molecule has 0 saturated heterocycles. The fourth-order valence-corrected chi connectivity index (χ4v) is 3.45. The minimum Gasteiger partial charge on any atom is -0.480 e. The standard InChI is InChI=1S/C10H12Cl4N2O4S2/c11-5(7(13)21-1-3(15)9(17)18)6(12)8(14)22-2-4(16)10(19)20/h3-4H,1-2,15-16H2,(H,17,18)(H,19,20)/b7-5+,8-6+/t3-,4-/m0/s1. The van der Waals surface area contributed by atoms with Crippen molar-refractivity contribution in [3.05, 3.63) is 18.8 Å². The average molecular weight is 430 g/mol. The van der Waals surface area contributed by atoms with Gasteiger partial charge in [-0.3, -0.25) is 9.59 Å². The third kappa shape index (κ3) is 8.16. The minimum atomic E-state index is -1.18. The summed E-state index contributed by atoms with van der Waals surface area (Å²) < 4.78 is 0.0364. The van der Waals surface area contributed by atoms with E-state index in [4.69, 9.17) is 68.1 Å². The first-order valence-electron chi connectivity index (χ1n) is 5.41. The summed E-state index contributed by atoms with van der Waals surface area (Å²) >= 11 is 25.4. The number of hydrogen-bond donors (Lipinski definition) is 4. The quantitative estimate of drug-likeness (QED) is 0.412. The van der Waals surface area contributed by atoms with Crippen molar-refractivity contribution in [1.29, 1.82) is 0 Å². The summed E-state index contributed by atoms with van der Waals surface area (Å²) in [6.07, 6.45) is 0. The molecule has 0 aliphatic rings. The Hall–Kier alpha value is 0.200. The molecular formula is C10H12Cl4N2O4S2. The molecule has 0 fully saturated rings. The Balaban J connectivity index is 4.80. The number of halogens is 4. The molecule has 0 spiro atoms. The second-order valence-corrected chi connectivity index (χ2v) is 7.71. The second-order valence-electron chi connectivity index (χ2n) is 3.69. The molecule has 0 aromatic carbocycles. The molecule has 0 heterocycles. The van der Waals surface area contributed by atoms with Crippen LogP contribution in [0.2, 0.25) is 0 Å². The van der Waals surface area contributed by atoms with Crippen molar-refractivity contribution in [3.8, 4) is 0 Å². The lowest BCUT2D eigenvalue weighted by Crippen LogP contribution is -2.32. The number of carboxylic acid groups (broad SMARTS) is 2. The van der Waals surface area contributed by atoms with Gasteiger partial charge in [0, 0.05) is 11.5 Å². The van der Waals surface area contributed by atoms with E-state index in [0.29, 0.717) is 0 Å². The van der Waals surface area contributed by atoms with Crippen LogP contribution in [-0.2, 0) is 9.59 Å².